The summed E-state index contributed by atoms with van der Waals surface area (Å²) in [6, 6.07) is 6.36. The summed E-state index contributed by atoms with van der Waals surface area (Å²) in [5, 5.41) is 6.34. The average Bonchev–Trinajstić information content (AvgIpc) is 3.38. The molecule has 6 nitrogen and oxygen atoms in total. The highest BCUT2D eigenvalue weighted by Gasteiger charge is 2.29. The molecule has 1 saturated carbocycles. The number of amides is 2. The minimum Gasteiger partial charge on any atom is -0.454 e. The second-order valence-electron chi connectivity index (χ2n) is 7.87. The van der Waals surface area contributed by atoms with E-state index in [2.05, 4.69) is 10.6 Å². The van der Waals surface area contributed by atoms with Gasteiger partial charge in [0.15, 0.2) is 11.5 Å². The normalized spacial score (nSPS) is 26.1. The maximum absolute atomic E-state index is 12.4. The van der Waals surface area contributed by atoms with Crippen LogP contribution in [0, 0.1) is 5.92 Å². The summed E-state index contributed by atoms with van der Waals surface area (Å²) in [4.78, 5) is 24.7. The highest BCUT2D eigenvalue weighted by atomic mass is 32.2. The fourth-order valence-electron chi connectivity index (χ4n) is 4.12. The molecule has 2 heterocycles. The van der Waals surface area contributed by atoms with Crippen LogP contribution in [0.15, 0.2) is 18.2 Å². The van der Waals surface area contributed by atoms with Crippen molar-refractivity contribution < 1.29 is 19.1 Å². The van der Waals surface area contributed by atoms with Gasteiger partial charge in [-0.05, 0) is 62.0 Å². The van der Waals surface area contributed by atoms with Gasteiger partial charge in [0.1, 0.15) is 0 Å². The van der Waals surface area contributed by atoms with Gasteiger partial charge < -0.3 is 20.1 Å². The zero-order chi connectivity index (χ0) is 19.3. The molecule has 0 spiro atoms. The fraction of sp³-hybridized carbons (Fsp3) is 0.619. The van der Waals surface area contributed by atoms with E-state index in [0.29, 0.717) is 18.9 Å². The Balaban J connectivity index is 1.16. The predicted molar refractivity (Wildman–Crippen MR) is 109 cm³/mol. The molecule has 0 bridgehead atoms. The van der Waals surface area contributed by atoms with E-state index in [-0.39, 0.29) is 30.6 Å². The first-order valence-electron chi connectivity index (χ1n) is 10.2. The van der Waals surface area contributed by atoms with Gasteiger partial charge in [0.25, 0.3) is 0 Å². The van der Waals surface area contributed by atoms with E-state index in [1.54, 1.807) is 0 Å². The molecule has 2 amide bonds. The van der Waals surface area contributed by atoms with E-state index in [4.69, 9.17) is 9.47 Å². The van der Waals surface area contributed by atoms with Crippen molar-refractivity contribution in [2.45, 2.75) is 57.0 Å². The largest absolute Gasteiger partial charge is 0.454 e. The second kappa shape index (κ2) is 9.07. The lowest BCUT2D eigenvalue weighted by Gasteiger charge is -2.29. The van der Waals surface area contributed by atoms with Gasteiger partial charge in [-0.15, -0.1) is 0 Å². The molecular weight excluding hydrogens is 376 g/mol. The number of aryl methyl sites for hydroxylation is 1. The van der Waals surface area contributed by atoms with Gasteiger partial charge in [-0.1, -0.05) is 6.07 Å². The highest BCUT2D eigenvalue weighted by Crippen LogP contribution is 2.32. The molecule has 1 atom stereocenters. The third-order valence-corrected chi connectivity index (χ3v) is 6.98. The average molecular weight is 405 g/mol. The summed E-state index contributed by atoms with van der Waals surface area (Å²) >= 11 is 1.91. The van der Waals surface area contributed by atoms with Crippen LogP contribution in [-0.2, 0) is 16.0 Å². The number of nitrogens with one attached hydrogen (secondary N) is 2. The van der Waals surface area contributed by atoms with Crippen molar-refractivity contribution in [3.8, 4) is 11.5 Å². The van der Waals surface area contributed by atoms with E-state index in [9.17, 15) is 9.59 Å². The minimum atomic E-state index is 0.0774. The van der Waals surface area contributed by atoms with Crippen LogP contribution < -0.4 is 20.1 Å². The number of hydrogen-bond donors (Lipinski definition) is 2. The molecule has 1 saturated heterocycles. The first-order chi connectivity index (χ1) is 13.7. The molecule has 2 aliphatic heterocycles. The zero-order valence-corrected chi connectivity index (χ0v) is 16.9. The standard InChI is InChI=1S/C21H28N2O4S/c24-20(8-2-14-1-7-18-19(11-14)27-13-26-18)22-16-5-3-15(4-6-16)21(25)23-17-9-10-28-12-17/h1,7,11,15-17H,2-6,8-10,12-13H2,(H,22,24)(H,23,25). The molecule has 1 aromatic carbocycles. The maximum atomic E-state index is 12.4. The summed E-state index contributed by atoms with van der Waals surface area (Å²) < 4.78 is 10.7. The first kappa shape index (κ1) is 19.4. The number of carbonyl (C=O) groups is 2. The van der Waals surface area contributed by atoms with E-state index in [0.717, 1.165) is 60.7 Å². The predicted octanol–water partition coefficient (Wildman–Crippen LogP) is 2.64. The topological polar surface area (TPSA) is 76.7 Å². The van der Waals surface area contributed by atoms with Crippen molar-refractivity contribution in [2.75, 3.05) is 18.3 Å². The Morgan fingerprint density at radius 3 is 2.61 bits per heavy atom. The Kier molecular flexibility index (Phi) is 6.29. The quantitative estimate of drug-likeness (QED) is 0.762. The van der Waals surface area contributed by atoms with Crippen LogP contribution in [-0.4, -0.2) is 42.2 Å². The highest BCUT2D eigenvalue weighted by molar-refractivity contribution is 7.99. The third-order valence-electron chi connectivity index (χ3n) is 5.82. The van der Waals surface area contributed by atoms with E-state index in [1.807, 2.05) is 30.0 Å². The fourth-order valence-corrected chi connectivity index (χ4v) is 5.27. The van der Waals surface area contributed by atoms with Crippen molar-refractivity contribution in [3.05, 3.63) is 23.8 Å². The Morgan fingerprint density at radius 1 is 1.00 bits per heavy atom. The van der Waals surface area contributed by atoms with Crippen LogP contribution in [0.4, 0.5) is 0 Å². The van der Waals surface area contributed by atoms with E-state index < -0.39 is 0 Å². The van der Waals surface area contributed by atoms with Crippen LogP contribution >= 0.6 is 11.8 Å². The van der Waals surface area contributed by atoms with Gasteiger partial charge in [0, 0.05) is 30.2 Å². The summed E-state index contributed by atoms with van der Waals surface area (Å²) in [6.07, 6.45) is 5.71. The summed E-state index contributed by atoms with van der Waals surface area (Å²) in [5.74, 6) is 4.10. The van der Waals surface area contributed by atoms with Gasteiger partial charge >= 0.3 is 0 Å². The van der Waals surface area contributed by atoms with Gasteiger partial charge in [-0.3, -0.25) is 9.59 Å². The Morgan fingerprint density at radius 2 is 1.82 bits per heavy atom. The van der Waals surface area contributed by atoms with E-state index in [1.165, 1.54) is 0 Å². The SMILES string of the molecule is O=C(CCc1ccc2c(c1)OCO2)NC1CCC(C(=O)NC2CCSC2)CC1. The monoisotopic (exact) mass is 404 g/mol. The van der Waals surface area contributed by atoms with Crippen LogP contribution in [0.3, 0.4) is 0 Å². The van der Waals surface area contributed by atoms with Crippen molar-refractivity contribution >= 4 is 23.6 Å². The molecule has 2 N–H and O–H groups in total. The molecule has 28 heavy (non-hydrogen) atoms. The molecule has 1 aliphatic carbocycles. The number of thioether (sulfide) groups is 1. The molecule has 152 valence electrons. The van der Waals surface area contributed by atoms with Crippen LogP contribution in [0.1, 0.15) is 44.1 Å². The van der Waals surface area contributed by atoms with Crippen molar-refractivity contribution in [2.24, 2.45) is 5.92 Å². The van der Waals surface area contributed by atoms with Crippen molar-refractivity contribution in [1.82, 2.24) is 10.6 Å². The number of fused-ring (bicyclic) bond motifs is 1. The Labute approximate surface area is 170 Å². The molecule has 1 unspecified atom stereocenters. The number of ether oxygens (including phenoxy) is 2. The molecule has 4 rings (SSSR count). The van der Waals surface area contributed by atoms with E-state index >= 15 is 0 Å². The molecule has 1 aromatic rings. The smallest absolute Gasteiger partial charge is 0.231 e. The van der Waals surface area contributed by atoms with Crippen molar-refractivity contribution in [1.29, 1.82) is 0 Å². The Hall–Kier alpha value is -1.89. The molecule has 0 aromatic heterocycles. The molecule has 0 radical (unpaired) electrons. The van der Waals surface area contributed by atoms with Gasteiger partial charge in [0.2, 0.25) is 18.6 Å². The van der Waals surface area contributed by atoms with Gasteiger partial charge in [-0.25, -0.2) is 0 Å². The number of rotatable bonds is 6. The van der Waals surface area contributed by atoms with Gasteiger partial charge in [0.05, 0.1) is 0 Å². The number of hydrogen-bond acceptors (Lipinski definition) is 5. The van der Waals surface area contributed by atoms with Crippen LogP contribution in [0.25, 0.3) is 0 Å². The first-order valence-corrected chi connectivity index (χ1v) is 11.4. The number of benzene rings is 1. The zero-order valence-electron chi connectivity index (χ0n) is 16.1. The lowest BCUT2D eigenvalue weighted by molar-refractivity contribution is -0.126. The molecule has 2 fully saturated rings. The molecular formula is C21H28N2O4S. The Bertz CT molecular complexity index is 712. The molecule has 7 heteroatoms. The second-order valence-corrected chi connectivity index (χ2v) is 9.02. The van der Waals surface area contributed by atoms with Crippen LogP contribution in [0.5, 0.6) is 11.5 Å². The molecule has 3 aliphatic rings. The lowest BCUT2D eigenvalue weighted by atomic mass is 9.85. The third kappa shape index (κ3) is 4.93. The summed E-state index contributed by atoms with van der Waals surface area (Å²) in [5.41, 5.74) is 1.07. The minimum absolute atomic E-state index is 0.0774. The summed E-state index contributed by atoms with van der Waals surface area (Å²) in [7, 11) is 0. The van der Waals surface area contributed by atoms with Gasteiger partial charge in [-0.2, -0.15) is 11.8 Å². The summed E-state index contributed by atoms with van der Waals surface area (Å²) in [6.45, 7) is 0.263. The maximum Gasteiger partial charge on any atom is 0.231 e. The number of carbonyl (C=O) groups excluding carboxylic acids is 2. The van der Waals surface area contributed by atoms with Crippen LogP contribution in [0.2, 0.25) is 0 Å². The lowest BCUT2D eigenvalue weighted by Crippen LogP contribution is -2.43. The van der Waals surface area contributed by atoms with Crippen molar-refractivity contribution in [3.63, 3.8) is 0 Å².